The summed E-state index contributed by atoms with van der Waals surface area (Å²) in [5.74, 6) is 0.109. The summed E-state index contributed by atoms with van der Waals surface area (Å²) in [6.45, 7) is 3.03. The summed E-state index contributed by atoms with van der Waals surface area (Å²) in [4.78, 5) is 27.5. The van der Waals surface area contributed by atoms with Crippen molar-refractivity contribution in [1.29, 1.82) is 0 Å². The van der Waals surface area contributed by atoms with Crippen LogP contribution in [0.3, 0.4) is 0 Å². The van der Waals surface area contributed by atoms with E-state index < -0.39 is 11.2 Å². The quantitative estimate of drug-likeness (QED) is 0.131. The molecule has 0 bridgehead atoms. The highest BCUT2D eigenvalue weighted by molar-refractivity contribution is 5.91. The third-order valence-corrected chi connectivity index (χ3v) is 7.51. The van der Waals surface area contributed by atoms with Crippen molar-refractivity contribution < 1.29 is 24.3 Å². The van der Waals surface area contributed by atoms with Crippen LogP contribution in [-0.2, 0) is 20.7 Å². The Bertz CT molecular complexity index is 1420. The largest absolute Gasteiger partial charge is 0.459 e. The van der Waals surface area contributed by atoms with Crippen LogP contribution in [0.5, 0.6) is 0 Å². The molecular weight excluding hydrogens is 524 g/mol. The van der Waals surface area contributed by atoms with Crippen LogP contribution in [0.15, 0.2) is 72.6 Å². The molecule has 10 nitrogen and oxygen atoms in total. The van der Waals surface area contributed by atoms with Gasteiger partial charge in [-0.3, -0.25) is 14.9 Å². The Kier molecular flexibility index (Phi) is 8.91. The second-order valence-corrected chi connectivity index (χ2v) is 10.1. The summed E-state index contributed by atoms with van der Waals surface area (Å²) in [7, 11) is 0. The second-order valence-electron chi connectivity index (χ2n) is 10.1. The number of amides is 1. The van der Waals surface area contributed by atoms with Gasteiger partial charge in [0.15, 0.2) is 5.76 Å². The van der Waals surface area contributed by atoms with Crippen molar-refractivity contribution in [2.75, 3.05) is 31.6 Å². The minimum absolute atomic E-state index is 0.0647. The fourth-order valence-electron chi connectivity index (χ4n) is 5.57. The minimum Gasteiger partial charge on any atom is -0.459 e. The Morgan fingerprint density at radius 1 is 1.15 bits per heavy atom. The van der Waals surface area contributed by atoms with E-state index in [0.717, 1.165) is 12.0 Å². The molecule has 0 unspecified atom stereocenters. The Balaban J connectivity index is 1.32. The predicted octanol–water partition coefficient (Wildman–Crippen LogP) is 4.54. The predicted molar refractivity (Wildman–Crippen MR) is 154 cm³/mol. The van der Waals surface area contributed by atoms with Gasteiger partial charge in [-0.2, -0.15) is 0 Å². The molecule has 41 heavy (non-hydrogen) atoms. The number of fused-ring (bicyclic) bond motifs is 3. The summed E-state index contributed by atoms with van der Waals surface area (Å²) in [5, 5.41) is 26.3. The molecule has 2 aliphatic rings. The van der Waals surface area contributed by atoms with Gasteiger partial charge >= 0.3 is 0 Å². The molecule has 5 rings (SSSR count). The molecule has 1 aliphatic carbocycles. The summed E-state index contributed by atoms with van der Waals surface area (Å²) in [6.07, 6.45) is 4.58. The number of allylic oxidation sites excluding steroid dienone is 1. The number of aromatic nitrogens is 1. The highest BCUT2D eigenvalue weighted by atomic mass is 16.7. The third-order valence-electron chi connectivity index (χ3n) is 7.51. The molecule has 0 saturated heterocycles. The van der Waals surface area contributed by atoms with Crippen LogP contribution in [0.25, 0.3) is 11.1 Å². The summed E-state index contributed by atoms with van der Waals surface area (Å²) in [6, 6.07) is 17.8. The molecule has 1 aromatic heterocycles. The molecule has 2 heterocycles. The van der Waals surface area contributed by atoms with Gasteiger partial charge in [0, 0.05) is 44.2 Å². The number of nitrogens with zero attached hydrogens (tertiary/aromatic N) is 2. The van der Waals surface area contributed by atoms with Gasteiger partial charge in [0.25, 0.3) is 11.6 Å². The van der Waals surface area contributed by atoms with Gasteiger partial charge in [-0.15, -0.1) is 0 Å². The van der Waals surface area contributed by atoms with Crippen LogP contribution in [0.4, 0.5) is 11.5 Å². The summed E-state index contributed by atoms with van der Waals surface area (Å²) in [5.41, 5.74) is 6.07. The molecule has 0 fully saturated rings. The van der Waals surface area contributed by atoms with Crippen molar-refractivity contribution >= 4 is 17.4 Å². The van der Waals surface area contributed by atoms with Gasteiger partial charge in [0.1, 0.15) is 12.0 Å². The number of aliphatic hydroxyl groups is 1. The number of carbonyl (C=O) groups is 1. The zero-order valence-corrected chi connectivity index (χ0v) is 22.9. The lowest BCUT2D eigenvalue weighted by atomic mass is 9.80. The van der Waals surface area contributed by atoms with Gasteiger partial charge in [-0.1, -0.05) is 42.5 Å². The van der Waals surface area contributed by atoms with E-state index in [0.29, 0.717) is 31.8 Å². The number of nitrogens with one attached hydrogen (secondary N) is 2. The topological polar surface area (TPSA) is 136 Å². The molecule has 10 heteroatoms. The third kappa shape index (κ3) is 6.39. The first-order valence-corrected chi connectivity index (χ1v) is 13.9. The number of hydrogen-bond donors (Lipinski definition) is 3. The number of benzene rings is 2. The number of hydrogen-bond acceptors (Lipinski definition) is 8. The lowest BCUT2D eigenvalue weighted by Gasteiger charge is -2.37. The zero-order valence-electron chi connectivity index (χ0n) is 22.9. The molecule has 3 N–H and O–H groups in total. The zero-order chi connectivity index (χ0) is 28.8. The highest BCUT2D eigenvalue weighted by Gasteiger charge is 2.38. The van der Waals surface area contributed by atoms with Gasteiger partial charge in [-0.05, 0) is 66.1 Å². The smallest absolute Gasteiger partial charge is 0.287 e. The maximum absolute atomic E-state index is 13.2. The minimum atomic E-state index is -0.629. The molecule has 0 radical (unpaired) electrons. The van der Waals surface area contributed by atoms with E-state index in [4.69, 9.17) is 9.47 Å². The van der Waals surface area contributed by atoms with Crippen molar-refractivity contribution in [3.63, 3.8) is 0 Å². The van der Waals surface area contributed by atoms with Crippen LogP contribution in [-0.4, -0.2) is 53.5 Å². The first-order valence-electron chi connectivity index (χ1n) is 13.9. The number of nitro groups is 1. The lowest BCUT2D eigenvalue weighted by Crippen LogP contribution is -2.39. The van der Waals surface area contributed by atoms with Crippen molar-refractivity contribution in [1.82, 2.24) is 10.3 Å². The second kappa shape index (κ2) is 12.9. The highest BCUT2D eigenvalue weighted by Crippen LogP contribution is 2.43. The van der Waals surface area contributed by atoms with E-state index in [9.17, 15) is 20.0 Å². The van der Waals surface area contributed by atoms with Crippen molar-refractivity contribution in [3.8, 4) is 11.1 Å². The van der Waals surface area contributed by atoms with Gasteiger partial charge < -0.3 is 25.2 Å². The SMILES string of the molecule is CCO[C@@H]1OC(C(=O)NCCNc2ccc([N+](=O)[O-])cn2)=C[C@H](c2ccc3c(c2)Cc2ccccc2-3)[C@H]1CCCO. The standard InChI is InChI=1S/C31H34N4O6/c1-2-40-31-26(8-5-15-36)27(21-9-11-25-22(17-21)16-20-6-3-4-7-24(20)25)18-28(41-31)30(37)33-14-13-32-29-12-10-23(19-34-29)35(38)39/h3-4,6-7,9-12,17-19,26-27,31,36H,2,5,8,13-16H2,1H3,(H,32,34)(H,33,37)/t26-,27-,31-/m1/s1. The number of ether oxygens (including phenoxy) is 2. The van der Waals surface area contributed by atoms with Gasteiger partial charge in [-0.25, -0.2) is 4.98 Å². The first-order chi connectivity index (χ1) is 20.0. The lowest BCUT2D eigenvalue weighted by molar-refractivity contribution is -0.385. The average molecular weight is 559 g/mol. The van der Waals surface area contributed by atoms with Crippen molar-refractivity contribution in [3.05, 3.63) is 99.4 Å². The number of carbonyl (C=O) groups excluding carboxylic acids is 1. The maximum Gasteiger partial charge on any atom is 0.287 e. The molecule has 1 aliphatic heterocycles. The number of aliphatic hydroxyl groups excluding tert-OH is 1. The van der Waals surface area contributed by atoms with Crippen molar-refractivity contribution in [2.45, 2.75) is 38.4 Å². The number of rotatable bonds is 12. The normalized spacial score (nSPS) is 19.0. The van der Waals surface area contributed by atoms with E-state index in [1.165, 1.54) is 40.6 Å². The van der Waals surface area contributed by atoms with E-state index in [-0.39, 0.29) is 42.3 Å². The molecule has 3 atom stereocenters. The Morgan fingerprint density at radius 2 is 1.98 bits per heavy atom. The van der Waals surface area contributed by atoms with E-state index in [1.54, 1.807) is 0 Å². The molecule has 3 aromatic rings. The van der Waals surface area contributed by atoms with Crippen LogP contribution >= 0.6 is 0 Å². The average Bonchev–Trinajstić information content (AvgIpc) is 3.36. The monoisotopic (exact) mass is 558 g/mol. The molecule has 214 valence electrons. The van der Waals surface area contributed by atoms with Crippen LogP contribution in [0.2, 0.25) is 0 Å². The Hall–Kier alpha value is -4.28. The molecule has 1 amide bonds. The molecule has 2 aromatic carbocycles. The van der Waals surface area contributed by atoms with E-state index in [2.05, 4.69) is 58.1 Å². The van der Waals surface area contributed by atoms with Gasteiger partial charge in [0.2, 0.25) is 6.29 Å². The first kappa shape index (κ1) is 28.3. The Morgan fingerprint density at radius 3 is 2.73 bits per heavy atom. The fourth-order valence-corrected chi connectivity index (χ4v) is 5.57. The molecule has 0 saturated carbocycles. The van der Waals surface area contributed by atoms with Crippen molar-refractivity contribution in [2.24, 2.45) is 5.92 Å². The number of pyridine rings is 1. The van der Waals surface area contributed by atoms with E-state index >= 15 is 0 Å². The maximum atomic E-state index is 13.2. The van der Waals surface area contributed by atoms with Crippen LogP contribution in [0, 0.1) is 16.0 Å². The summed E-state index contributed by atoms with van der Waals surface area (Å²) >= 11 is 0. The summed E-state index contributed by atoms with van der Waals surface area (Å²) < 4.78 is 12.1. The van der Waals surface area contributed by atoms with E-state index in [1.807, 2.05) is 13.0 Å². The molecular formula is C31H34N4O6. The molecule has 0 spiro atoms. The Labute approximate surface area is 238 Å². The number of anilines is 1. The van der Waals surface area contributed by atoms with Crippen LogP contribution in [0.1, 0.15) is 42.4 Å². The van der Waals surface area contributed by atoms with Gasteiger partial charge in [0.05, 0.1) is 4.92 Å². The fraction of sp³-hybridized carbons (Fsp3) is 0.355. The van der Waals surface area contributed by atoms with Crippen LogP contribution < -0.4 is 10.6 Å².